The van der Waals surface area contributed by atoms with E-state index in [4.69, 9.17) is 10.5 Å². The van der Waals surface area contributed by atoms with Crippen LogP contribution in [0.5, 0.6) is 0 Å². The van der Waals surface area contributed by atoms with Gasteiger partial charge in [-0.3, -0.25) is 0 Å². The minimum atomic E-state index is -0.494. The van der Waals surface area contributed by atoms with Crippen molar-refractivity contribution in [1.82, 2.24) is 5.32 Å². The highest BCUT2D eigenvalue weighted by molar-refractivity contribution is 5.68. The summed E-state index contributed by atoms with van der Waals surface area (Å²) >= 11 is 0. The van der Waals surface area contributed by atoms with Gasteiger partial charge in [0.1, 0.15) is 5.60 Å². The number of rotatable bonds is 1. The predicted molar refractivity (Wildman–Crippen MR) is 76.7 cm³/mol. The second-order valence-corrected chi connectivity index (χ2v) is 5.23. The number of anilines is 1. The van der Waals surface area contributed by atoms with Gasteiger partial charge >= 0.3 is 6.09 Å². The molecule has 3 N–H and O–H groups in total. The molecule has 0 unspecified atom stereocenters. The third-order valence-electron chi connectivity index (χ3n) is 2.22. The van der Waals surface area contributed by atoms with Crippen LogP contribution < -0.4 is 11.1 Å². The SMILES string of the molecule is Cc1cc(C#CCNC(=O)OC(C)(C)C)ccc1N. The number of alkyl carbamates (subject to hydrolysis) is 1. The average Bonchev–Trinajstić information content (AvgIpc) is 2.27. The van der Waals surface area contributed by atoms with E-state index in [1.165, 1.54) is 0 Å². The minimum Gasteiger partial charge on any atom is -0.444 e. The van der Waals surface area contributed by atoms with Gasteiger partial charge in [-0.25, -0.2) is 4.79 Å². The maximum absolute atomic E-state index is 11.4. The molecule has 1 aromatic carbocycles. The van der Waals surface area contributed by atoms with Crippen molar-refractivity contribution in [2.45, 2.75) is 33.3 Å². The Balaban J connectivity index is 2.47. The van der Waals surface area contributed by atoms with Crippen LogP contribution in [-0.4, -0.2) is 18.2 Å². The number of nitrogens with two attached hydrogens (primary N) is 1. The third-order valence-corrected chi connectivity index (χ3v) is 2.22. The first-order valence-electron chi connectivity index (χ1n) is 6.10. The third kappa shape index (κ3) is 5.82. The molecule has 0 saturated heterocycles. The van der Waals surface area contributed by atoms with Crippen LogP contribution in [0.3, 0.4) is 0 Å². The van der Waals surface area contributed by atoms with Gasteiger partial charge in [0.05, 0.1) is 6.54 Å². The molecular formula is C15H20N2O2. The molecule has 1 rings (SSSR count). The number of carbonyl (C=O) groups is 1. The monoisotopic (exact) mass is 260 g/mol. The van der Waals surface area contributed by atoms with E-state index in [2.05, 4.69) is 17.2 Å². The summed E-state index contributed by atoms with van der Waals surface area (Å²) in [7, 11) is 0. The van der Waals surface area contributed by atoms with E-state index in [9.17, 15) is 4.79 Å². The van der Waals surface area contributed by atoms with Crippen molar-refractivity contribution in [2.24, 2.45) is 0 Å². The lowest BCUT2D eigenvalue weighted by atomic mass is 10.1. The van der Waals surface area contributed by atoms with E-state index in [0.29, 0.717) is 0 Å². The van der Waals surface area contributed by atoms with Crippen molar-refractivity contribution in [3.63, 3.8) is 0 Å². The number of benzene rings is 1. The summed E-state index contributed by atoms with van der Waals surface area (Å²) in [5.74, 6) is 5.82. The zero-order valence-corrected chi connectivity index (χ0v) is 11.8. The molecule has 0 saturated carbocycles. The van der Waals surface area contributed by atoms with E-state index in [1.54, 1.807) is 0 Å². The molecule has 0 aliphatic rings. The number of nitrogens with one attached hydrogen (secondary N) is 1. The van der Waals surface area contributed by atoms with Gasteiger partial charge in [-0.1, -0.05) is 11.8 Å². The lowest BCUT2D eigenvalue weighted by molar-refractivity contribution is 0.0535. The van der Waals surface area contributed by atoms with Crippen molar-refractivity contribution >= 4 is 11.8 Å². The maximum Gasteiger partial charge on any atom is 0.408 e. The average molecular weight is 260 g/mol. The van der Waals surface area contributed by atoms with Crippen LogP contribution in [0, 0.1) is 18.8 Å². The van der Waals surface area contributed by atoms with Crippen LogP contribution in [0.15, 0.2) is 18.2 Å². The second-order valence-electron chi connectivity index (χ2n) is 5.23. The molecule has 4 nitrogen and oxygen atoms in total. The fourth-order valence-corrected chi connectivity index (χ4v) is 1.33. The van der Waals surface area contributed by atoms with E-state index < -0.39 is 11.7 Å². The van der Waals surface area contributed by atoms with Crippen molar-refractivity contribution in [2.75, 3.05) is 12.3 Å². The summed E-state index contributed by atoms with van der Waals surface area (Å²) in [5.41, 5.74) is 7.84. The molecule has 0 aliphatic carbocycles. The Bertz CT molecular complexity index is 519. The first-order chi connectivity index (χ1) is 8.78. The molecule has 1 aromatic rings. The standard InChI is InChI=1S/C15H20N2O2/c1-11-10-12(7-8-13(11)16)6-5-9-17-14(18)19-15(2,3)4/h7-8,10H,9,16H2,1-4H3,(H,17,18). The summed E-state index contributed by atoms with van der Waals surface area (Å²) in [6.07, 6.45) is -0.463. The van der Waals surface area contributed by atoms with Crippen LogP contribution >= 0.6 is 0 Å². The largest absolute Gasteiger partial charge is 0.444 e. The van der Waals surface area contributed by atoms with E-state index in [0.717, 1.165) is 16.8 Å². The summed E-state index contributed by atoms with van der Waals surface area (Å²) in [4.78, 5) is 11.4. The molecule has 102 valence electrons. The zero-order valence-electron chi connectivity index (χ0n) is 11.8. The fourth-order valence-electron chi connectivity index (χ4n) is 1.33. The fraction of sp³-hybridized carbons (Fsp3) is 0.400. The van der Waals surface area contributed by atoms with E-state index in [1.807, 2.05) is 45.9 Å². The van der Waals surface area contributed by atoms with Crippen LogP contribution in [0.1, 0.15) is 31.9 Å². The molecule has 0 bridgehead atoms. The van der Waals surface area contributed by atoms with Gasteiger partial charge in [-0.05, 0) is 51.5 Å². The Morgan fingerprint density at radius 1 is 1.42 bits per heavy atom. The summed E-state index contributed by atoms with van der Waals surface area (Å²) < 4.78 is 5.09. The quantitative estimate of drug-likeness (QED) is 0.602. The van der Waals surface area contributed by atoms with Gasteiger partial charge in [-0.15, -0.1) is 0 Å². The Labute approximate surface area is 114 Å². The van der Waals surface area contributed by atoms with Crippen LogP contribution in [0.4, 0.5) is 10.5 Å². The number of carbonyl (C=O) groups excluding carboxylic acids is 1. The number of hydrogen-bond donors (Lipinski definition) is 2. The molecule has 0 atom stereocenters. The highest BCUT2D eigenvalue weighted by atomic mass is 16.6. The van der Waals surface area contributed by atoms with Gasteiger partial charge in [0.25, 0.3) is 0 Å². The summed E-state index contributed by atoms with van der Waals surface area (Å²) in [6.45, 7) is 7.62. The lowest BCUT2D eigenvalue weighted by Crippen LogP contribution is -2.32. The van der Waals surface area contributed by atoms with Gasteiger partial charge in [0.15, 0.2) is 0 Å². The normalized spacial score (nSPS) is 10.3. The first kappa shape index (κ1) is 14.9. The van der Waals surface area contributed by atoms with Crippen molar-refractivity contribution < 1.29 is 9.53 Å². The zero-order chi connectivity index (χ0) is 14.5. The number of nitrogen functional groups attached to an aromatic ring is 1. The summed E-state index contributed by atoms with van der Waals surface area (Å²) in [5, 5.41) is 2.58. The van der Waals surface area contributed by atoms with E-state index in [-0.39, 0.29) is 6.54 Å². The lowest BCUT2D eigenvalue weighted by Gasteiger charge is -2.18. The number of ether oxygens (including phenoxy) is 1. The van der Waals surface area contributed by atoms with Gasteiger partial charge in [-0.2, -0.15) is 0 Å². The number of hydrogen-bond acceptors (Lipinski definition) is 3. The smallest absolute Gasteiger partial charge is 0.408 e. The molecule has 0 aromatic heterocycles. The molecule has 0 spiro atoms. The molecule has 19 heavy (non-hydrogen) atoms. The Kier molecular flexibility index (Phi) is 4.82. The van der Waals surface area contributed by atoms with Crippen molar-refractivity contribution in [3.8, 4) is 11.8 Å². The van der Waals surface area contributed by atoms with Crippen molar-refractivity contribution in [1.29, 1.82) is 0 Å². The van der Waals surface area contributed by atoms with Crippen LogP contribution in [-0.2, 0) is 4.74 Å². The highest BCUT2D eigenvalue weighted by Crippen LogP contribution is 2.11. The molecule has 0 fully saturated rings. The Hall–Kier alpha value is -2.15. The molecular weight excluding hydrogens is 240 g/mol. The Morgan fingerprint density at radius 3 is 2.68 bits per heavy atom. The Morgan fingerprint density at radius 2 is 2.11 bits per heavy atom. The topological polar surface area (TPSA) is 64.3 Å². The minimum absolute atomic E-state index is 0.248. The highest BCUT2D eigenvalue weighted by Gasteiger charge is 2.14. The molecule has 1 amide bonds. The predicted octanol–water partition coefficient (Wildman–Crippen LogP) is 2.45. The van der Waals surface area contributed by atoms with Crippen molar-refractivity contribution in [3.05, 3.63) is 29.3 Å². The molecule has 0 radical (unpaired) electrons. The first-order valence-corrected chi connectivity index (χ1v) is 6.10. The van der Waals surface area contributed by atoms with E-state index >= 15 is 0 Å². The number of amides is 1. The van der Waals surface area contributed by atoms with Gasteiger partial charge in [0.2, 0.25) is 0 Å². The van der Waals surface area contributed by atoms with Gasteiger partial charge < -0.3 is 15.8 Å². The maximum atomic E-state index is 11.4. The van der Waals surface area contributed by atoms with Crippen LogP contribution in [0.25, 0.3) is 0 Å². The van der Waals surface area contributed by atoms with Crippen LogP contribution in [0.2, 0.25) is 0 Å². The molecule has 4 heteroatoms. The van der Waals surface area contributed by atoms with Gasteiger partial charge in [0, 0.05) is 11.3 Å². The number of aryl methyl sites for hydroxylation is 1. The summed E-state index contributed by atoms with van der Waals surface area (Å²) in [6, 6.07) is 5.58. The second kappa shape index (κ2) is 6.14. The molecule has 0 aliphatic heterocycles. The molecule has 0 heterocycles.